The minimum atomic E-state index is 0.996. The van der Waals surface area contributed by atoms with Crippen LogP contribution in [0.2, 0.25) is 0 Å². The maximum atomic E-state index is 4.48. The minimum absolute atomic E-state index is 0.996. The standard InChI is InChI=1S/C15H19BrN2/c1-10-12(3)18(4)9-13(10)5-6-15-11(2)14(16)7-8-17-15/h7-9H,5-6H2,1-4H3. The molecule has 0 aliphatic heterocycles. The number of pyridine rings is 1. The summed E-state index contributed by atoms with van der Waals surface area (Å²) in [4.78, 5) is 4.48. The average Bonchev–Trinajstić information content (AvgIpc) is 2.59. The molecule has 0 fully saturated rings. The van der Waals surface area contributed by atoms with Crippen LogP contribution >= 0.6 is 15.9 Å². The van der Waals surface area contributed by atoms with Crippen molar-refractivity contribution in [3.05, 3.63) is 51.0 Å². The smallest absolute Gasteiger partial charge is 0.0447 e. The molecule has 0 N–H and O–H groups in total. The lowest BCUT2D eigenvalue weighted by atomic mass is 10.0. The van der Waals surface area contributed by atoms with E-state index in [4.69, 9.17) is 0 Å². The molecule has 0 radical (unpaired) electrons. The Morgan fingerprint density at radius 3 is 2.50 bits per heavy atom. The topological polar surface area (TPSA) is 17.8 Å². The molecule has 0 atom stereocenters. The van der Waals surface area contributed by atoms with E-state index in [1.165, 1.54) is 28.1 Å². The first-order chi connectivity index (χ1) is 8.50. The molecule has 0 saturated heterocycles. The number of aryl methyl sites for hydroxylation is 3. The highest BCUT2D eigenvalue weighted by Crippen LogP contribution is 2.21. The summed E-state index contributed by atoms with van der Waals surface area (Å²) in [6, 6.07) is 2.00. The molecule has 0 unspecified atom stereocenters. The number of halogens is 1. The summed E-state index contributed by atoms with van der Waals surface area (Å²) in [6.45, 7) is 6.49. The van der Waals surface area contributed by atoms with Gasteiger partial charge in [-0.25, -0.2) is 0 Å². The number of nitrogens with zero attached hydrogens (tertiary/aromatic N) is 2. The summed E-state index contributed by atoms with van der Waals surface area (Å²) in [5, 5.41) is 0. The fourth-order valence-corrected chi connectivity index (χ4v) is 2.58. The molecule has 0 spiro atoms. The van der Waals surface area contributed by atoms with E-state index >= 15 is 0 Å². The largest absolute Gasteiger partial charge is 0.354 e. The molecule has 0 aliphatic rings. The Hall–Kier alpha value is -1.09. The molecular weight excluding hydrogens is 288 g/mol. The van der Waals surface area contributed by atoms with Gasteiger partial charge < -0.3 is 4.57 Å². The average molecular weight is 307 g/mol. The van der Waals surface area contributed by atoms with Crippen LogP contribution < -0.4 is 0 Å². The first-order valence-corrected chi connectivity index (χ1v) is 7.01. The number of aromatic nitrogens is 2. The Balaban J connectivity index is 2.16. The van der Waals surface area contributed by atoms with E-state index in [2.05, 4.69) is 59.5 Å². The molecule has 18 heavy (non-hydrogen) atoms. The lowest BCUT2D eigenvalue weighted by molar-refractivity contribution is 0.863. The molecule has 0 aromatic carbocycles. The van der Waals surface area contributed by atoms with Gasteiger partial charge in [-0.2, -0.15) is 0 Å². The van der Waals surface area contributed by atoms with E-state index in [-0.39, 0.29) is 0 Å². The summed E-state index contributed by atoms with van der Waals surface area (Å²) < 4.78 is 3.35. The summed E-state index contributed by atoms with van der Waals surface area (Å²) in [6.07, 6.45) is 6.15. The van der Waals surface area contributed by atoms with Crippen molar-refractivity contribution in [3.8, 4) is 0 Å². The van der Waals surface area contributed by atoms with Crippen molar-refractivity contribution in [3.63, 3.8) is 0 Å². The van der Waals surface area contributed by atoms with Crippen molar-refractivity contribution < 1.29 is 0 Å². The quantitative estimate of drug-likeness (QED) is 0.841. The van der Waals surface area contributed by atoms with Crippen LogP contribution in [0.15, 0.2) is 22.9 Å². The first kappa shape index (κ1) is 13.3. The maximum absolute atomic E-state index is 4.48. The predicted molar refractivity (Wildman–Crippen MR) is 79.0 cm³/mol. The molecule has 3 heteroatoms. The first-order valence-electron chi connectivity index (χ1n) is 6.22. The summed E-state index contributed by atoms with van der Waals surface area (Å²) in [5.74, 6) is 0. The second-order valence-corrected chi connectivity index (χ2v) is 5.69. The van der Waals surface area contributed by atoms with E-state index < -0.39 is 0 Å². The molecule has 96 valence electrons. The van der Waals surface area contributed by atoms with Crippen molar-refractivity contribution in [2.24, 2.45) is 7.05 Å². The van der Waals surface area contributed by atoms with Gasteiger partial charge in [0.25, 0.3) is 0 Å². The molecule has 0 aliphatic carbocycles. The molecule has 2 aromatic rings. The predicted octanol–water partition coefficient (Wildman–Crippen LogP) is 3.89. The highest BCUT2D eigenvalue weighted by Gasteiger charge is 2.08. The zero-order chi connectivity index (χ0) is 13.3. The molecule has 2 aromatic heterocycles. The summed E-state index contributed by atoms with van der Waals surface area (Å²) >= 11 is 3.56. The second kappa shape index (κ2) is 5.27. The molecule has 0 bridgehead atoms. The van der Waals surface area contributed by atoms with Crippen molar-refractivity contribution in [2.75, 3.05) is 0 Å². The van der Waals surface area contributed by atoms with Gasteiger partial charge in [0, 0.05) is 35.3 Å². The molecular formula is C15H19BrN2. The third kappa shape index (κ3) is 2.51. The van der Waals surface area contributed by atoms with Gasteiger partial charge >= 0.3 is 0 Å². The molecule has 0 amide bonds. The lowest BCUT2D eigenvalue weighted by Crippen LogP contribution is -1.98. The monoisotopic (exact) mass is 306 g/mol. The molecule has 2 rings (SSSR count). The van der Waals surface area contributed by atoms with Crippen LogP contribution in [0.1, 0.15) is 28.1 Å². The van der Waals surface area contributed by atoms with Gasteiger partial charge in [-0.1, -0.05) is 15.9 Å². The van der Waals surface area contributed by atoms with Gasteiger partial charge in [0.2, 0.25) is 0 Å². The van der Waals surface area contributed by atoms with Gasteiger partial charge in [-0.15, -0.1) is 0 Å². The van der Waals surface area contributed by atoms with E-state index in [1.54, 1.807) is 0 Å². The van der Waals surface area contributed by atoms with Crippen molar-refractivity contribution in [1.82, 2.24) is 9.55 Å². The number of hydrogen-bond acceptors (Lipinski definition) is 1. The van der Waals surface area contributed by atoms with Crippen molar-refractivity contribution >= 4 is 15.9 Å². The Bertz CT molecular complexity index is 570. The van der Waals surface area contributed by atoms with Crippen LogP contribution in [0, 0.1) is 20.8 Å². The van der Waals surface area contributed by atoms with Crippen molar-refractivity contribution in [2.45, 2.75) is 33.6 Å². The van der Waals surface area contributed by atoms with Crippen LogP contribution in [0.4, 0.5) is 0 Å². The Kier molecular flexibility index (Phi) is 3.91. The fourth-order valence-electron chi connectivity index (χ4n) is 2.23. The van der Waals surface area contributed by atoms with Crippen molar-refractivity contribution in [1.29, 1.82) is 0 Å². The maximum Gasteiger partial charge on any atom is 0.0447 e. The van der Waals surface area contributed by atoms with Crippen LogP contribution in [-0.2, 0) is 19.9 Å². The normalized spacial score (nSPS) is 10.9. The second-order valence-electron chi connectivity index (χ2n) is 4.84. The van der Waals surface area contributed by atoms with E-state index in [9.17, 15) is 0 Å². The highest BCUT2D eigenvalue weighted by atomic mass is 79.9. The zero-order valence-electron chi connectivity index (χ0n) is 11.4. The molecule has 2 heterocycles. The van der Waals surface area contributed by atoms with E-state index in [1.807, 2.05) is 12.3 Å². The van der Waals surface area contributed by atoms with Crippen LogP contribution in [0.25, 0.3) is 0 Å². The third-order valence-corrected chi connectivity index (χ3v) is 4.64. The Morgan fingerprint density at radius 2 is 1.89 bits per heavy atom. The highest BCUT2D eigenvalue weighted by molar-refractivity contribution is 9.10. The number of rotatable bonds is 3. The summed E-state index contributed by atoms with van der Waals surface area (Å²) in [5.41, 5.74) is 6.62. The number of hydrogen-bond donors (Lipinski definition) is 0. The van der Waals surface area contributed by atoms with Crippen LogP contribution in [0.5, 0.6) is 0 Å². The van der Waals surface area contributed by atoms with Gasteiger partial charge in [-0.3, -0.25) is 4.98 Å². The Morgan fingerprint density at radius 1 is 1.17 bits per heavy atom. The molecule has 2 nitrogen and oxygen atoms in total. The fraction of sp³-hybridized carbons (Fsp3) is 0.400. The lowest BCUT2D eigenvalue weighted by Gasteiger charge is -2.06. The Labute approximate surface area is 117 Å². The van der Waals surface area contributed by atoms with Gasteiger partial charge in [0.1, 0.15) is 0 Å². The van der Waals surface area contributed by atoms with Gasteiger partial charge in [-0.05, 0) is 56.4 Å². The van der Waals surface area contributed by atoms with E-state index in [0.717, 1.165) is 17.3 Å². The zero-order valence-corrected chi connectivity index (χ0v) is 13.0. The van der Waals surface area contributed by atoms with Crippen LogP contribution in [-0.4, -0.2) is 9.55 Å². The minimum Gasteiger partial charge on any atom is -0.354 e. The molecule has 0 saturated carbocycles. The summed E-state index contributed by atoms with van der Waals surface area (Å²) in [7, 11) is 2.11. The SMILES string of the molecule is Cc1c(Br)ccnc1CCc1cn(C)c(C)c1C. The third-order valence-electron chi connectivity index (χ3n) is 3.78. The van der Waals surface area contributed by atoms with Gasteiger partial charge in [0.05, 0.1) is 0 Å². The van der Waals surface area contributed by atoms with E-state index in [0.29, 0.717) is 0 Å². The van der Waals surface area contributed by atoms with Crippen LogP contribution in [0.3, 0.4) is 0 Å². The van der Waals surface area contributed by atoms with Gasteiger partial charge in [0.15, 0.2) is 0 Å².